The van der Waals surface area contributed by atoms with Crippen LogP contribution in [0, 0.1) is 11.6 Å². The van der Waals surface area contributed by atoms with E-state index in [-0.39, 0.29) is 28.5 Å². The SMILES string of the molecule is Cn1nccc1[C@H]1CCCCC[C@@H]1Oc1cc(F)c([S+]([O-])Nc2ccncn2)cc1F. The summed E-state index contributed by atoms with van der Waals surface area (Å²) in [5, 5.41) is 4.24. The standard InChI is InChI=1S/C21H23F2N5O2S/c1-28-17(7-10-26-28)14-5-3-2-4-6-18(14)30-19-11-16(23)20(12-15(19)22)31(29)27-21-8-9-24-13-25-21/h7-14,18H,2-6H2,1H3,(H,24,25,27)/t14-,18+,31?/m1/s1. The zero-order valence-corrected chi connectivity index (χ0v) is 17.8. The first-order valence-electron chi connectivity index (χ1n) is 10.1. The number of aryl methyl sites for hydroxylation is 1. The van der Waals surface area contributed by atoms with Crippen molar-refractivity contribution in [2.24, 2.45) is 7.05 Å². The maximum absolute atomic E-state index is 14.8. The van der Waals surface area contributed by atoms with Crippen LogP contribution in [0.1, 0.15) is 43.7 Å². The fourth-order valence-electron chi connectivity index (χ4n) is 3.91. The van der Waals surface area contributed by atoms with Crippen LogP contribution < -0.4 is 9.46 Å². The van der Waals surface area contributed by atoms with E-state index >= 15 is 0 Å². The molecule has 2 aromatic heterocycles. The van der Waals surface area contributed by atoms with E-state index in [9.17, 15) is 13.3 Å². The number of rotatable bonds is 6. The molecular formula is C21H23F2N5O2S. The Morgan fingerprint density at radius 2 is 1.97 bits per heavy atom. The number of anilines is 1. The summed E-state index contributed by atoms with van der Waals surface area (Å²) in [6.45, 7) is 0. The molecule has 1 aliphatic rings. The van der Waals surface area contributed by atoms with Crippen LogP contribution in [0.25, 0.3) is 0 Å². The van der Waals surface area contributed by atoms with E-state index in [0.717, 1.165) is 49.9 Å². The van der Waals surface area contributed by atoms with Crippen molar-refractivity contribution in [2.45, 2.75) is 49.0 Å². The summed E-state index contributed by atoms with van der Waals surface area (Å²) < 4.78 is 52.4. The van der Waals surface area contributed by atoms with Gasteiger partial charge in [0.25, 0.3) is 0 Å². The minimum atomic E-state index is -2.03. The van der Waals surface area contributed by atoms with E-state index in [4.69, 9.17) is 4.74 Å². The van der Waals surface area contributed by atoms with Gasteiger partial charge in [-0.2, -0.15) is 9.82 Å². The summed E-state index contributed by atoms with van der Waals surface area (Å²) in [5.74, 6) is -1.49. The third kappa shape index (κ3) is 4.96. The van der Waals surface area contributed by atoms with Crippen LogP contribution in [0.2, 0.25) is 0 Å². The number of benzene rings is 1. The number of aromatic nitrogens is 4. The van der Waals surface area contributed by atoms with Crippen LogP contribution in [-0.4, -0.2) is 30.4 Å². The fraction of sp³-hybridized carbons (Fsp3) is 0.381. The minimum Gasteiger partial charge on any atom is -0.588 e. The normalized spacial score (nSPS) is 20.1. The second kappa shape index (κ2) is 9.61. The zero-order chi connectivity index (χ0) is 21.8. The molecule has 3 aromatic rings. The third-order valence-corrected chi connectivity index (χ3v) is 6.54. The summed E-state index contributed by atoms with van der Waals surface area (Å²) in [5.41, 5.74) is 1.01. The molecule has 164 valence electrons. The summed E-state index contributed by atoms with van der Waals surface area (Å²) in [7, 11) is 1.87. The Morgan fingerprint density at radius 3 is 2.71 bits per heavy atom. The van der Waals surface area contributed by atoms with Crippen molar-refractivity contribution >= 4 is 17.2 Å². The highest BCUT2D eigenvalue weighted by Crippen LogP contribution is 2.36. The lowest BCUT2D eigenvalue weighted by atomic mass is 9.93. The Bertz CT molecular complexity index is 1020. The molecule has 0 aliphatic heterocycles. The zero-order valence-electron chi connectivity index (χ0n) is 17.0. The molecule has 7 nitrogen and oxygen atoms in total. The number of hydrogen-bond donors (Lipinski definition) is 1. The fourth-order valence-corrected chi connectivity index (χ4v) is 4.77. The number of nitrogens with zero attached hydrogens (tertiary/aromatic N) is 4. The van der Waals surface area contributed by atoms with Crippen LogP contribution in [0.3, 0.4) is 0 Å². The molecule has 1 unspecified atom stereocenters. The molecule has 0 spiro atoms. The van der Waals surface area contributed by atoms with Gasteiger partial charge in [-0.05, 0) is 25.3 Å². The molecule has 1 aliphatic carbocycles. The van der Waals surface area contributed by atoms with Gasteiger partial charge in [0.1, 0.15) is 23.8 Å². The maximum Gasteiger partial charge on any atom is 0.218 e. The van der Waals surface area contributed by atoms with Crippen molar-refractivity contribution in [3.8, 4) is 5.75 Å². The van der Waals surface area contributed by atoms with Gasteiger partial charge in [-0.15, -0.1) is 0 Å². The Morgan fingerprint density at radius 1 is 1.13 bits per heavy atom. The van der Waals surface area contributed by atoms with Gasteiger partial charge in [0.05, 0.1) is 0 Å². The summed E-state index contributed by atoms with van der Waals surface area (Å²) in [6.07, 6.45) is 8.82. The monoisotopic (exact) mass is 447 g/mol. The van der Waals surface area contributed by atoms with E-state index in [1.165, 1.54) is 18.6 Å². The van der Waals surface area contributed by atoms with Gasteiger partial charge >= 0.3 is 0 Å². The molecule has 1 fully saturated rings. The summed E-state index contributed by atoms with van der Waals surface area (Å²) >= 11 is -2.03. The van der Waals surface area contributed by atoms with Crippen LogP contribution in [0.4, 0.5) is 14.6 Å². The molecule has 0 amide bonds. The van der Waals surface area contributed by atoms with Crippen LogP contribution >= 0.6 is 0 Å². The highest BCUT2D eigenvalue weighted by molar-refractivity contribution is 7.92. The molecule has 31 heavy (non-hydrogen) atoms. The van der Waals surface area contributed by atoms with Gasteiger partial charge in [-0.3, -0.25) is 4.68 Å². The quantitative estimate of drug-likeness (QED) is 0.452. The largest absolute Gasteiger partial charge is 0.588 e. The lowest BCUT2D eigenvalue weighted by Gasteiger charge is -2.26. The molecular weight excluding hydrogens is 424 g/mol. The van der Waals surface area contributed by atoms with Crippen molar-refractivity contribution in [3.63, 3.8) is 0 Å². The van der Waals surface area contributed by atoms with Gasteiger partial charge in [-0.25, -0.2) is 18.7 Å². The lowest BCUT2D eigenvalue weighted by molar-refractivity contribution is 0.150. The first kappa shape index (κ1) is 21.5. The molecule has 4 rings (SSSR count). The maximum atomic E-state index is 14.8. The third-order valence-electron chi connectivity index (χ3n) is 5.44. The Kier molecular flexibility index (Phi) is 6.67. The van der Waals surface area contributed by atoms with Crippen molar-refractivity contribution in [1.29, 1.82) is 0 Å². The molecule has 0 radical (unpaired) electrons. The highest BCUT2D eigenvalue weighted by atomic mass is 32.2. The predicted molar refractivity (Wildman–Crippen MR) is 112 cm³/mol. The Labute approximate surface area is 182 Å². The molecule has 0 saturated heterocycles. The first-order valence-corrected chi connectivity index (χ1v) is 11.3. The van der Waals surface area contributed by atoms with Gasteiger partial charge in [0, 0.05) is 49.3 Å². The second-order valence-electron chi connectivity index (χ2n) is 7.46. The second-order valence-corrected chi connectivity index (χ2v) is 8.64. The average Bonchev–Trinajstić information content (AvgIpc) is 3.05. The Hall–Kier alpha value is -2.72. The van der Waals surface area contributed by atoms with Gasteiger partial charge in [-0.1, -0.05) is 12.8 Å². The van der Waals surface area contributed by atoms with Gasteiger partial charge in [0.2, 0.25) is 4.90 Å². The van der Waals surface area contributed by atoms with Gasteiger partial charge < -0.3 is 9.29 Å². The van der Waals surface area contributed by atoms with E-state index in [1.54, 1.807) is 10.9 Å². The van der Waals surface area contributed by atoms with E-state index in [1.807, 2.05) is 13.1 Å². The lowest BCUT2D eigenvalue weighted by Crippen LogP contribution is -2.27. The molecule has 1 aromatic carbocycles. The van der Waals surface area contributed by atoms with Crippen LogP contribution in [0.15, 0.2) is 47.9 Å². The molecule has 3 atom stereocenters. The number of nitrogens with one attached hydrogen (secondary N) is 1. The van der Waals surface area contributed by atoms with Crippen LogP contribution in [0.5, 0.6) is 5.75 Å². The van der Waals surface area contributed by atoms with E-state index < -0.39 is 23.0 Å². The summed E-state index contributed by atoms with van der Waals surface area (Å²) in [6, 6.07) is 5.29. The van der Waals surface area contributed by atoms with E-state index in [2.05, 4.69) is 19.8 Å². The molecule has 2 heterocycles. The van der Waals surface area contributed by atoms with E-state index in [0.29, 0.717) is 0 Å². The molecule has 1 N–H and O–H groups in total. The van der Waals surface area contributed by atoms with Crippen molar-refractivity contribution in [1.82, 2.24) is 19.7 Å². The smallest absolute Gasteiger partial charge is 0.218 e. The van der Waals surface area contributed by atoms with Gasteiger partial charge in [0.15, 0.2) is 23.2 Å². The van der Waals surface area contributed by atoms with Crippen molar-refractivity contribution in [3.05, 3.63) is 60.3 Å². The number of hydrogen-bond acceptors (Lipinski definition) is 6. The first-order chi connectivity index (χ1) is 15.0. The number of ether oxygens (including phenoxy) is 1. The average molecular weight is 448 g/mol. The van der Waals surface area contributed by atoms with Crippen molar-refractivity contribution < 1.29 is 18.1 Å². The van der Waals surface area contributed by atoms with Crippen LogP contribution in [-0.2, 0) is 18.4 Å². The van der Waals surface area contributed by atoms with Crippen molar-refractivity contribution in [2.75, 3.05) is 4.72 Å². The highest BCUT2D eigenvalue weighted by Gasteiger charge is 2.31. The molecule has 10 heteroatoms. The molecule has 1 saturated carbocycles. The molecule has 0 bridgehead atoms. The minimum absolute atomic E-state index is 0.0331. The number of halogens is 2. The predicted octanol–water partition coefficient (Wildman–Crippen LogP) is 4.12. The Balaban J connectivity index is 1.55. The summed E-state index contributed by atoms with van der Waals surface area (Å²) in [4.78, 5) is 7.32. The topological polar surface area (TPSA) is 87.9 Å².